The number of anilines is 1. The Morgan fingerprint density at radius 1 is 0.583 bits per heavy atom. The van der Waals surface area contributed by atoms with Gasteiger partial charge in [0.1, 0.15) is 17.7 Å². The van der Waals surface area contributed by atoms with Gasteiger partial charge in [0.15, 0.2) is 12.5 Å². The predicted octanol–water partition coefficient (Wildman–Crippen LogP) is 8.18. The summed E-state index contributed by atoms with van der Waals surface area (Å²) in [4.78, 5) is 31.4. The Balaban J connectivity index is 2.60. The number of fused-ring (bicyclic) bond motifs is 1. The molecule has 2 atom stereocenters. The summed E-state index contributed by atoms with van der Waals surface area (Å²) >= 11 is 14.1. The first-order chi connectivity index (χ1) is 22.1. The fraction of sp³-hybridized carbons (Fsp3) is 0.743. The number of amides is 2. The van der Waals surface area contributed by atoms with E-state index in [1.54, 1.807) is 0 Å². The average molecular weight is 740 g/mol. The molecule has 2 amide bonds. The molecule has 13 heteroatoms. The lowest BCUT2D eigenvalue weighted by Crippen LogP contribution is -2.52. The first kappa shape index (κ1) is 41.4. The van der Waals surface area contributed by atoms with Gasteiger partial charge in [0.25, 0.3) is 5.91 Å². The molecule has 2 aliphatic heterocycles. The van der Waals surface area contributed by atoms with Crippen molar-refractivity contribution in [1.82, 2.24) is 23.5 Å². The molecular formula is C35H63N7O2P2S2. The lowest BCUT2D eigenvalue weighted by Gasteiger charge is -2.53. The number of nitrogens with zero attached hydrogens (tertiary/aromatic N) is 7. The highest BCUT2D eigenvalue weighted by Crippen LogP contribution is 2.69. The van der Waals surface area contributed by atoms with E-state index in [2.05, 4.69) is 129 Å². The van der Waals surface area contributed by atoms with Crippen molar-refractivity contribution >= 4 is 59.4 Å². The van der Waals surface area contributed by atoms with Gasteiger partial charge in [-0.05, 0) is 135 Å². The topological polar surface area (TPSA) is 65.9 Å². The Kier molecular flexibility index (Phi) is 13.5. The van der Waals surface area contributed by atoms with Crippen molar-refractivity contribution in [3.8, 4) is 0 Å². The summed E-state index contributed by atoms with van der Waals surface area (Å²) in [7, 11) is 0. The fourth-order valence-corrected chi connectivity index (χ4v) is 21.5. The minimum atomic E-state index is -3.05. The van der Waals surface area contributed by atoms with Gasteiger partial charge >= 0.3 is 0 Å². The first-order valence-corrected chi connectivity index (χ1v) is 23.1. The second-order valence-electron chi connectivity index (χ2n) is 15.4. The van der Waals surface area contributed by atoms with Crippen LogP contribution >= 0.6 is 12.8 Å². The number of benzene rings is 1. The molecule has 0 bridgehead atoms. The average Bonchev–Trinajstić information content (AvgIpc) is 3.44. The maximum Gasteiger partial charge on any atom is 0.259 e. The largest absolute Gasteiger partial charge is 0.273 e. The summed E-state index contributed by atoms with van der Waals surface area (Å²) in [5, 5.41) is 5.59. The Morgan fingerprint density at radius 3 is 1.27 bits per heavy atom. The highest BCUT2D eigenvalue weighted by Gasteiger charge is 2.65. The van der Waals surface area contributed by atoms with Crippen molar-refractivity contribution < 1.29 is 9.59 Å². The van der Waals surface area contributed by atoms with Gasteiger partial charge in [0, 0.05) is 48.3 Å². The molecule has 1 fully saturated rings. The molecule has 0 aliphatic carbocycles. The molecule has 2 heterocycles. The van der Waals surface area contributed by atoms with Gasteiger partial charge in [-0.3, -0.25) is 18.9 Å². The number of hydrazone groups is 1. The van der Waals surface area contributed by atoms with Crippen LogP contribution in [0.2, 0.25) is 0 Å². The van der Waals surface area contributed by atoms with E-state index in [4.69, 9.17) is 28.7 Å². The van der Waals surface area contributed by atoms with Gasteiger partial charge in [-0.2, -0.15) is 5.10 Å². The maximum atomic E-state index is 15.0. The van der Waals surface area contributed by atoms with Crippen molar-refractivity contribution in [2.75, 3.05) is 4.90 Å². The van der Waals surface area contributed by atoms with Crippen molar-refractivity contribution in [1.29, 1.82) is 0 Å². The van der Waals surface area contributed by atoms with Crippen LogP contribution in [0.25, 0.3) is 0 Å². The highest BCUT2D eigenvalue weighted by atomic mass is 32.5. The summed E-state index contributed by atoms with van der Waals surface area (Å²) in [5.74, 6) is -1.41. The summed E-state index contributed by atoms with van der Waals surface area (Å²) in [6.07, 6.45) is -2.98. The van der Waals surface area contributed by atoms with Crippen molar-refractivity contribution in [3.63, 3.8) is 0 Å². The Bertz CT molecular complexity index is 1350. The van der Waals surface area contributed by atoms with Gasteiger partial charge < -0.3 is 0 Å². The van der Waals surface area contributed by atoms with E-state index in [0.29, 0.717) is 11.1 Å². The monoisotopic (exact) mass is 739 g/mol. The molecule has 0 spiro atoms. The smallest absolute Gasteiger partial charge is 0.259 e. The third-order valence-corrected chi connectivity index (χ3v) is 20.4. The molecule has 0 radical (unpaired) electrons. The van der Waals surface area contributed by atoms with Crippen LogP contribution in [-0.2, 0) is 33.2 Å². The molecule has 272 valence electrons. The summed E-state index contributed by atoms with van der Waals surface area (Å²) in [6, 6.07) is 8.87. The van der Waals surface area contributed by atoms with Crippen LogP contribution in [0.1, 0.15) is 111 Å². The lowest BCUT2D eigenvalue weighted by atomic mass is 10.1. The predicted molar refractivity (Wildman–Crippen MR) is 213 cm³/mol. The normalized spacial score (nSPS) is 19.7. The maximum absolute atomic E-state index is 15.0. The molecular weight excluding hydrogens is 677 g/mol. The zero-order valence-electron chi connectivity index (χ0n) is 32.3. The van der Waals surface area contributed by atoms with Crippen LogP contribution in [0.5, 0.6) is 0 Å². The van der Waals surface area contributed by atoms with E-state index in [0.717, 1.165) is 0 Å². The molecule has 0 N–H and O–H groups in total. The van der Waals surface area contributed by atoms with Crippen molar-refractivity contribution in [2.45, 2.75) is 165 Å². The van der Waals surface area contributed by atoms with E-state index in [1.807, 2.05) is 35.1 Å². The number of rotatable bonds is 15. The van der Waals surface area contributed by atoms with Gasteiger partial charge in [0.2, 0.25) is 5.91 Å². The van der Waals surface area contributed by atoms with E-state index >= 15 is 9.59 Å². The van der Waals surface area contributed by atoms with Crippen LogP contribution in [0.4, 0.5) is 5.69 Å². The molecule has 1 aromatic carbocycles. The summed E-state index contributed by atoms with van der Waals surface area (Å²) < 4.78 is 11.5. The lowest BCUT2D eigenvalue weighted by molar-refractivity contribution is -0.122. The van der Waals surface area contributed by atoms with Crippen molar-refractivity contribution in [2.24, 2.45) is 11.0 Å². The molecule has 0 aromatic heterocycles. The molecule has 48 heavy (non-hydrogen) atoms. The first-order valence-electron chi connectivity index (χ1n) is 17.8. The fourth-order valence-electron chi connectivity index (χ4n) is 8.19. The number of imide groups is 1. The third kappa shape index (κ3) is 7.06. The molecule has 2 aliphatic rings. The number of carbonyl (C=O) groups excluding carboxylic acids is 2. The van der Waals surface area contributed by atoms with Gasteiger partial charge in [-0.25, -0.2) is 19.0 Å². The summed E-state index contributed by atoms with van der Waals surface area (Å²) in [5.41, 5.74) is 1.20. The standard InChI is InChI=1S/C35H63N7O2P2S2/c1-22(2)38(23(3)4)45(47,39(24(5)6)25(7)8)33-31-32(35(44)37(34(31)43)30-20-18-17-19-21-30)42(36-33)46(48,40(26(9)10)27(11)12)41(28(13)14)29(15)16/h17-29,31-32H,1-16H3/t31-,32-/m0/s1. The zero-order chi connectivity index (χ0) is 36.8. The molecule has 0 saturated carbocycles. The second kappa shape index (κ2) is 15.7. The van der Waals surface area contributed by atoms with Gasteiger partial charge in [-0.1, -0.05) is 30.0 Å². The highest BCUT2D eigenvalue weighted by molar-refractivity contribution is 8.20. The molecule has 1 saturated heterocycles. The van der Waals surface area contributed by atoms with Crippen LogP contribution < -0.4 is 4.90 Å². The zero-order valence-corrected chi connectivity index (χ0v) is 35.7. The second-order valence-corrected chi connectivity index (χ2v) is 23.2. The Labute approximate surface area is 302 Å². The Hall–Kier alpha value is -1.03. The molecule has 9 nitrogen and oxygen atoms in total. The molecule has 3 rings (SSSR count). The van der Waals surface area contributed by atoms with Gasteiger partial charge in [-0.15, -0.1) is 0 Å². The number of hydrogen-bond donors (Lipinski definition) is 0. The van der Waals surface area contributed by atoms with E-state index in [-0.39, 0.29) is 60.1 Å². The van der Waals surface area contributed by atoms with E-state index < -0.39 is 24.8 Å². The quantitative estimate of drug-likeness (QED) is 0.131. The minimum absolute atomic E-state index is 0.0553. The minimum Gasteiger partial charge on any atom is -0.273 e. The Morgan fingerprint density at radius 2 is 0.938 bits per heavy atom. The van der Waals surface area contributed by atoms with Crippen LogP contribution in [0.3, 0.4) is 0 Å². The van der Waals surface area contributed by atoms with E-state index in [9.17, 15) is 0 Å². The number of carbonyl (C=O) groups is 2. The van der Waals surface area contributed by atoms with Crippen LogP contribution in [0.15, 0.2) is 35.4 Å². The van der Waals surface area contributed by atoms with Crippen LogP contribution in [0, 0.1) is 5.92 Å². The van der Waals surface area contributed by atoms with E-state index in [1.165, 1.54) is 4.90 Å². The SMILES string of the molecule is CC(C)N(C(C)C)P(=S)(C1=NN(P(=S)(N(C(C)C)C(C)C)N(C(C)C)C(C)C)[C@@H]2C(=O)N(c3ccccc3)C(=O)[C@H]12)N(C(C)C)C(C)C. The summed E-state index contributed by atoms with van der Waals surface area (Å²) in [6.45, 7) is 31.7. The van der Waals surface area contributed by atoms with Crippen LogP contribution in [-0.4, -0.2) is 95.1 Å². The molecule has 1 aromatic rings. The third-order valence-electron chi connectivity index (χ3n) is 9.05. The van der Waals surface area contributed by atoms with Gasteiger partial charge in [0.05, 0.1) is 5.69 Å². The molecule has 0 unspecified atom stereocenters. The number of hydrogen-bond acceptors (Lipinski definition) is 5. The van der Waals surface area contributed by atoms with Crippen molar-refractivity contribution in [3.05, 3.63) is 30.3 Å². The number of para-hydroxylation sites is 1.